The maximum Gasteiger partial charge on any atom is 0.118 e. The van der Waals surface area contributed by atoms with Gasteiger partial charge < -0.3 is 9.47 Å². The van der Waals surface area contributed by atoms with Crippen LogP contribution in [0.1, 0.15) is 11.1 Å². The van der Waals surface area contributed by atoms with Crippen molar-refractivity contribution in [1.82, 2.24) is 0 Å². The van der Waals surface area contributed by atoms with E-state index < -0.39 is 0 Å². The maximum atomic E-state index is 6.08. The monoisotopic (exact) mass is 474 g/mol. The number of ether oxygens (including phenoxy) is 2. The summed E-state index contributed by atoms with van der Waals surface area (Å²) in [6, 6.07) is 29.0. The molecule has 0 saturated carbocycles. The highest BCUT2D eigenvalue weighted by molar-refractivity contribution is 8.08. The molecule has 5 heteroatoms. The van der Waals surface area contributed by atoms with Crippen molar-refractivity contribution in [1.29, 1.82) is 0 Å². The Morgan fingerprint density at radius 3 is 1.27 bits per heavy atom. The van der Waals surface area contributed by atoms with E-state index >= 15 is 0 Å². The van der Waals surface area contributed by atoms with Crippen LogP contribution in [0.2, 0.25) is 0 Å². The molecule has 33 heavy (non-hydrogen) atoms. The average Bonchev–Trinajstić information content (AvgIpc) is 2.86. The Morgan fingerprint density at radius 2 is 0.909 bits per heavy atom. The zero-order valence-corrected chi connectivity index (χ0v) is 20.8. The Hall–Kier alpha value is -2.86. The number of hydrogen-bond acceptors (Lipinski definition) is 5. The molecule has 0 bridgehead atoms. The lowest BCUT2D eigenvalue weighted by molar-refractivity contribution is 0.415. The molecule has 3 nitrogen and oxygen atoms in total. The second-order valence-electron chi connectivity index (χ2n) is 7.69. The first-order valence-electron chi connectivity index (χ1n) is 10.6. The van der Waals surface area contributed by atoms with Gasteiger partial charge in [-0.2, -0.15) is 0 Å². The summed E-state index contributed by atoms with van der Waals surface area (Å²) in [6.07, 6.45) is 0. The third-order valence-corrected chi connectivity index (χ3v) is 6.94. The van der Waals surface area contributed by atoms with Crippen LogP contribution in [0.4, 0.5) is 0 Å². The van der Waals surface area contributed by atoms with E-state index in [9.17, 15) is 0 Å². The summed E-state index contributed by atoms with van der Waals surface area (Å²) in [4.78, 5) is 2.13. The molecular formula is C28H26O3S2. The zero-order chi connectivity index (χ0) is 23.2. The van der Waals surface area contributed by atoms with Crippen LogP contribution in [0.25, 0.3) is 22.3 Å². The molecule has 0 atom stereocenters. The van der Waals surface area contributed by atoms with Gasteiger partial charge in [-0.1, -0.05) is 59.7 Å². The number of hydrogen-bond donors (Lipinski definition) is 0. The Bertz CT molecular complexity index is 1120. The molecule has 0 aliphatic carbocycles. The average molecular weight is 475 g/mol. The largest absolute Gasteiger partial charge is 0.497 e. The fourth-order valence-electron chi connectivity index (χ4n) is 3.52. The van der Waals surface area contributed by atoms with Crippen molar-refractivity contribution >= 4 is 24.1 Å². The summed E-state index contributed by atoms with van der Waals surface area (Å²) in [5, 5.41) is 0. The molecular weight excluding hydrogens is 448 g/mol. The Labute approximate surface area is 204 Å². The van der Waals surface area contributed by atoms with Gasteiger partial charge in [-0.3, -0.25) is 0 Å². The van der Waals surface area contributed by atoms with E-state index in [0.717, 1.165) is 43.5 Å². The molecule has 4 aromatic carbocycles. The summed E-state index contributed by atoms with van der Waals surface area (Å²) < 4.78 is 16.7. The minimum absolute atomic E-state index is 0.845. The van der Waals surface area contributed by atoms with Crippen molar-refractivity contribution in [3.8, 4) is 33.8 Å². The first-order valence-corrected chi connectivity index (χ1v) is 12.1. The lowest BCUT2D eigenvalue weighted by Gasteiger charge is -2.13. The van der Waals surface area contributed by atoms with Crippen molar-refractivity contribution in [3.63, 3.8) is 0 Å². The maximum absolute atomic E-state index is 6.08. The number of aryl methyl sites for hydroxylation is 2. The first kappa shape index (κ1) is 23.3. The standard InChI is InChI=1S/C28H26O3S2/c1-19-5-15-27(25(17-19)21-7-11-23(29-3)12-8-21)32-31-33-28-16-6-20(2)18-26(28)22-9-13-24(30-4)14-10-22/h5-18H,1-4H3. The van der Waals surface area contributed by atoms with Gasteiger partial charge in [0.05, 0.1) is 14.2 Å². The quantitative estimate of drug-likeness (QED) is 0.239. The molecule has 4 rings (SSSR count). The molecule has 0 unspecified atom stereocenters. The predicted octanol–water partition coefficient (Wildman–Crippen LogP) is 8.39. The van der Waals surface area contributed by atoms with Gasteiger partial charge in [-0.25, -0.2) is 3.63 Å². The summed E-state index contributed by atoms with van der Waals surface area (Å²) in [6.45, 7) is 4.20. The highest BCUT2D eigenvalue weighted by Gasteiger charge is 2.11. The van der Waals surface area contributed by atoms with Crippen LogP contribution < -0.4 is 9.47 Å². The highest BCUT2D eigenvalue weighted by atomic mass is 32.2. The lowest BCUT2D eigenvalue weighted by atomic mass is 10.0. The second-order valence-corrected chi connectivity index (χ2v) is 9.45. The van der Waals surface area contributed by atoms with Crippen molar-refractivity contribution in [2.75, 3.05) is 14.2 Å². The van der Waals surface area contributed by atoms with Crippen molar-refractivity contribution in [2.45, 2.75) is 23.6 Å². The topological polar surface area (TPSA) is 27.7 Å². The van der Waals surface area contributed by atoms with Crippen molar-refractivity contribution < 1.29 is 13.1 Å². The number of methoxy groups -OCH3 is 2. The minimum atomic E-state index is 0.845. The van der Waals surface area contributed by atoms with E-state index in [0.29, 0.717) is 0 Å². The van der Waals surface area contributed by atoms with Gasteiger partial charge >= 0.3 is 0 Å². The second kappa shape index (κ2) is 10.8. The van der Waals surface area contributed by atoms with Crippen molar-refractivity contribution in [2.24, 2.45) is 0 Å². The van der Waals surface area contributed by atoms with E-state index in [-0.39, 0.29) is 0 Å². The molecule has 0 amide bonds. The highest BCUT2D eigenvalue weighted by Crippen LogP contribution is 2.40. The summed E-state index contributed by atoms with van der Waals surface area (Å²) >= 11 is 2.76. The third-order valence-electron chi connectivity index (χ3n) is 5.32. The smallest absolute Gasteiger partial charge is 0.118 e. The van der Waals surface area contributed by atoms with Crippen LogP contribution in [0.5, 0.6) is 11.5 Å². The molecule has 0 radical (unpaired) electrons. The van der Waals surface area contributed by atoms with Gasteiger partial charge in [0.1, 0.15) is 11.5 Å². The molecule has 0 saturated heterocycles. The van der Waals surface area contributed by atoms with Crippen LogP contribution >= 0.6 is 24.1 Å². The Morgan fingerprint density at radius 1 is 0.515 bits per heavy atom. The van der Waals surface area contributed by atoms with Crippen LogP contribution in [0.3, 0.4) is 0 Å². The predicted molar refractivity (Wildman–Crippen MR) is 139 cm³/mol. The molecule has 0 spiro atoms. The number of rotatable bonds is 8. The Kier molecular flexibility index (Phi) is 7.65. The fourth-order valence-corrected chi connectivity index (χ4v) is 5.02. The molecule has 0 fully saturated rings. The van der Waals surface area contributed by atoms with Crippen molar-refractivity contribution in [3.05, 3.63) is 96.1 Å². The van der Waals surface area contributed by atoms with Gasteiger partial charge in [0.25, 0.3) is 0 Å². The SMILES string of the molecule is COc1ccc(-c2cc(C)ccc2SOSc2ccc(C)cc2-c2ccc(OC)cc2)cc1. The van der Waals surface area contributed by atoms with E-state index in [1.165, 1.54) is 35.2 Å². The van der Waals surface area contributed by atoms with Crippen LogP contribution in [-0.4, -0.2) is 14.2 Å². The van der Waals surface area contributed by atoms with Crippen LogP contribution in [-0.2, 0) is 3.63 Å². The van der Waals surface area contributed by atoms with E-state index in [4.69, 9.17) is 13.1 Å². The molecule has 0 N–H and O–H groups in total. The summed E-state index contributed by atoms with van der Waals surface area (Å²) in [5.41, 5.74) is 6.95. The normalized spacial score (nSPS) is 10.8. The third kappa shape index (κ3) is 5.74. The van der Waals surface area contributed by atoms with Gasteiger partial charge in [0.15, 0.2) is 0 Å². The Balaban J connectivity index is 1.54. The van der Waals surface area contributed by atoms with Crippen LogP contribution in [0.15, 0.2) is 94.7 Å². The molecule has 0 heterocycles. The molecule has 4 aromatic rings. The minimum Gasteiger partial charge on any atom is -0.497 e. The van der Waals surface area contributed by atoms with E-state index in [1.807, 2.05) is 24.3 Å². The molecule has 168 valence electrons. The first-order chi connectivity index (χ1) is 16.1. The van der Waals surface area contributed by atoms with E-state index in [2.05, 4.69) is 74.5 Å². The van der Waals surface area contributed by atoms with Crippen LogP contribution in [0, 0.1) is 13.8 Å². The van der Waals surface area contributed by atoms with Gasteiger partial charge in [-0.05, 0) is 72.5 Å². The lowest BCUT2D eigenvalue weighted by Crippen LogP contribution is -1.88. The fraction of sp³-hybridized carbons (Fsp3) is 0.143. The van der Waals surface area contributed by atoms with E-state index in [1.54, 1.807) is 14.2 Å². The summed E-state index contributed by atoms with van der Waals surface area (Å²) in [5.74, 6) is 1.69. The molecule has 0 aliphatic rings. The number of benzene rings is 4. The van der Waals surface area contributed by atoms with Gasteiger partial charge in [0, 0.05) is 33.9 Å². The van der Waals surface area contributed by atoms with Gasteiger partial charge in [0.2, 0.25) is 0 Å². The zero-order valence-electron chi connectivity index (χ0n) is 19.1. The molecule has 0 aromatic heterocycles. The summed E-state index contributed by atoms with van der Waals surface area (Å²) in [7, 11) is 3.36. The van der Waals surface area contributed by atoms with Gasteiger partial charge in [-0.15, -0.1) is 0 Å². The molecule has 0 aliphatic heterocycles.